The molecule has 8 nitrogen and oxygen atoms in total. The van der Waals surface area contributed by atoms with Crippen molar-refractivity contribution in [1.29, 1.82) is 0 Å². The number of fused-ring (bicyclic) bond motifs is 3. The van der Waals surface area contributed by atoms with Gasteiger partial charge in [0.2, 0.25) is 10.0 Å². The molecule has 138 valence electrons. The summed E-state index contributed by atoms with van der Waals surface area (Å²) in [6.45, 7) is -0.235. The van der Waals surface area contributed by atoms with Gasteiger partial charge in [-0.25, -0.2) is 8.42 Å². The zero-order chi connectivity index (χ0) is 18.2. The monoisotopic (exact) mass is 371 g/mol. The molecule has 2 heterocycles. The van der Waals surface area contributed by atoms with E-state index < -0.39 is 22.2 Å². The largest absolute Gasteiger partial charge is 0.487 e. The summed E-state index contributed by atoms with van der Waals surface area (Å²) in [4.78, 5) is 11.6. The van der Waals surface area contributed by atoms with Crippen molar-refractivity contribution in [2.24, 2.45) is 0 Å². The Morgan fingerprint density at radius 3 is 2.84 bits per heavy atom. The van der Waals surface area contributed by atoms with E-state index >= 15 is 0 Å². The quantitative estimate of drug-likeness (QED) is 0.730. The molecule has 0 aromatic heterocycles. The Bertz CT molecular complexity index is 764. The molecule has 4 atom stereocenters. The second kappa shape index (κ2) is 6.81. The summed E-state index contributed by atoms with van der Waals surface area (Å²) < 4.78 is 41.7. The predicted molar refractivity (Wildman–Crippen MR) is 89.1 cm³/mol. The fourth-order valence-corrected chi connectivity index (χ4v) is 3.99. The van der Waals surface area contributed by atoms with E-state index in [1.165, 1.54) is 7.11 Å². The average Bonchev–Trinajstić information content (AvgIpc) is 2.90. The molecule has 1 aromatic rings. The predicted octanol–water partition coefficient (Wildman–Crippen LogP) is 0.616. The van der Waals surface area contributed by atoms with Crippen LogP contribution in [0.3, 0.4) is 0 Å². The zero-order valence-corrected chi connectivity index (χ0v) is 14.8. The Balaban J connectivity index is 1.86. The van der Waals surface area contributed by atoms with Crippen molar-refractivity contribution in [2.75, 3.05) is 24.7 Å². The standard InChI is InChI=1S/C16H21NO7S/c1-22-15(19)7-10-6-12-11-5-9(17-25(2,20)21)3-4-13(11)24-16(12)14(8-18)23-10/h3-5,10,12,14,16-18H,6-8H2,1-2H3/t10-,12+,14+,16-/m0/s1. The number of methoxy groups -OCH3 is 1. The highest BCUT2D eigenvalue weighted by atomic mass is 32.2. The molecule has 0 bridgehead atoms. The van der Waals surface area contributed by atoms with Crippen LogP contribution in [0.1, 0.15) is 24.3 Å². The Morgan fingerprint density at radius 2 is 2.20 bits per heavy atom. The van der Waals surface area contributed by atoms with E-state index in [0.717, 1.165) is 11.8 Å². The van der Waals surface area contributed by atoms with Gasteiger partial charge in [-0.2, -0.15) is 0 Å². The van der Waals surface area contributed by atoms with Gasteiger partial charge in [-0.1, -0.05) is 0 Å². The summed E-state index contributed by atoms with van der Waals surface area (Å²) in [7, 11) is -2.07. The van der Waals surface area contributed by atoms with Crippen LogP contribution in [-0.2, 0) is 24.3 Å². The first-order valence-electron chi connectivity index (χ1n) is 7.92. The Morgan fingerprint density at radius 1 is 1.44 bits per heavy atom. The lowest BCUT2D eigenvalue weighted by molar-refractivity contribution is -0.156. The molecule has 9 heteroatoms. The Kier molecular flexibility index (Phi) is 4.90. The van der Waals surface area contributed by atoms with Crippen LogP contribution in [0.4, 0.5) is 5.69 Å². The summed E-state index contributed by atoms with van der Waals surface area (Å²) in [6.07, 6.45) is 0.363. The maximum absolute atomic E-state index is 11.6. The van der Waals surface area contributed by atoms with Crippen molar-refractivity contribution in [1.82, 2.24) is 0 Å². The Labute approximate surface area is 146 Å². The molecule has 0 aliphatic carbocycles. The highest BCUT2D eigenvalue weighted by Gasteiger charge is 2.46. The SMILES string of the molecule is COC(=O)C[C@@H]1C[C@@H]2c3cc(NS(C)(=O)=O)ccc3O[C@@H]2[C@@H](CO)O1. The number of benzene rings is 1. The van der Waals surface area contributed by atoms with E-state index in [-0.39, 0.29) is 31.0 Å². The first kappa shape index (κ1) is 18.0. The number of aliphatic hydroxyl groups excluding tert-OH is 1. The number of anilines is 1. The third-order valence-electron chi connectivity index (χ3n) is 4.42. The summed E-state index contributed by atoms with van der Waals surface area (Å²) in [5.74, 6) is 0.151. The van der Waals surface area contributed by atoms with Gasteiger partial charge in [0, 0.05) is 17.2 Å². The van der Waals surface area contributed by atoms with Crippen molar-refractivity contribution in [3.8, 4) is 5.75 Å². The molecule has 0 amide bonds. The number of hydrogen-bond donors (Lipinski definition) is 2. The molecule has 0 unspecified atom stereocenters. The van der Waals surface area contributed by atoms with Crippen molar-refractivity contribution in [3.05, 3.63) is 23.8 Å². The van der Waals surface area contributed by atoms with Gasteiger partial charge in [0.25, 0.3) is 0 Å². The van der Waals surface area contributed by atoms with Gasteiger partial charge in [-0.3, -0.25) is 9.52 Å². The van der Waals surface area contributed by atoms with E-state index in [2.05, 4.69) is 9.46 Å². The minimum absolute atomic E-state index is 0.0901. The first-order chi connectivity index (χ1) is 11.8. The van der Waals surface area contributed by atoms with Crippen molar-refractivity contribution >= 4 is 21.7 Å². The van der Waals surface area contributed by atoms with Crippen LogP contribution in [0.15, 0.2) is 18.2 Å². The minimum atomic E-state index is -3.39. The van der Waals surface area contributed by atoms with Crippen molar-refractivity contribution in [2.45, 2.75) is 37.1 Å². The molecule has 0 radical (unpaired) electrons. The number of carbonyl (C=O) groups is 1. The van der Waals surface area contributed by atoms with E-state index in [4.69, 9.17) is 9.47 Å². The molecule has 2 aliphatic rings. The van der Waals surface area contributed by atoms with Gasteiger partial charge < -0.3 is 19.3 Å². The van der Waals surface area contributed by atoms with Crippen LogP contribution in [0.25, 0.3) is 0 Å². The van der Waals surface area contributed by atoms with Gasteiger partial charge >= 0.3 is 5.97 Å². The topological polar surface area (TPSA) is 111 Å². The second-order valence-corrected chi connectivity index (χ2v) is 8.06. The molecule has 1 fully saturated rings. The lowest BCUT2D eigenvalue weighted by Gasteiger charge is -2.36. The molecule has 0 spiro atoms. The van der Waals surface area contributed by atoms with Crippen LogP contribution in [0, 0.1) is 0 Å². The molecular weight excluding hydrogens is 350 g/mol. The molecule has 25 heavy (non-hydrogen) atoms. The Hall–Kier alpha value is -1.84. The van der Waals surface area contributed by atoms with Crippen LogP contribution >= 0.6 is 0 Å². The molecule has 1 saturated heterocycles. The normalized spacial score (nSPS) is 27.8. The number of carbonyl (C=O) groups excluding carboxylic acids is 1. The van der Waals surface area contributed by atoms with Gasteiger partial charge in [0.15, 0.2) is 0 Å². The highest BCUT2D eigenvalue weighted by Crippen LogP contribution is 2.47. The lowest BCUT2D eigenvalue weighted by atomic mass is 9.84. The lowest BCUT2D eigenvalue weighted by Crippen LogP contribution is -2.46. The molecule has 2 N–H and O–H groups in total. The molecule has 1 aromatic carbocycles. The van der Waals surface area contributed by atoms with Crippen LogP contribution < -0.4 is 9.46 Å². The van der Waals surface area contributed by atoms with E-state index in [1.807, 2.05) is 0 Å². The van der Waals surface area contributed by atoms with E-state index in [1.54, 1.807) is 18.2 Å². The van der Waals surface area contributed by atoms with E-state index in [9.17, 15) is 18.3 Å². The third kappa shape index (κ3) is 3.88. The maximum atomic E-state index is 11.6. The fourth-order valence-electron chi connectivity index (χ4n) is 3.44. The number of nitrogens with one attached hydrogen (secondary N) is 1. The maximum Gasteiger partial charge on any atom is 0.308 e. The molecule has 3 rings (SSSR count). The summed E-state index contributed by atoms with van der Waals surface area (Å²) in [6, 6.07) is 5.05. The zero-order valence-electron chi connectivity index (χ0n) is 14.0. The van der Waals surface area contributed by atoms with Crippen molar-refractivity contribution in [3.63, 3.8) is 0 Å². The number of rotatable bonds is 5. The van der Waals surface area contributed by atoms with E-state index in [0.29, 0.717) is 17.9 Å². The van der Waals surface area contributed by atoms with Crippen LogP contribution in [0.2, 0.25) is 0 Å². The third-order valence-corrected chi connectivity index (χ3v) is 5.03. The van der Waals surface area contributed by atoms with Gasteiger partial charge in [-0.15, -0.1) is 0 Å². The summed E-state index contributed by atoms with van der Waals surface area (Å²) in [5.41, 5.74) is 1.29. The second-order valence-electron chi connectivity index (χ2n) is 6.31. The summed E-state index contributed by atoms with van der Waals surface area (Å²) >= 11 is 0. The van der Waals surface area contributed by atoms with Gasteiger partial charge in [-0.05, 0) is 24.6 Å². The molecule has 2 aliphatic heterocycles. The van der Waals surface area contributed by atoms with Crippen LogP contribution in [-0.4, -0.2) is 57.8 Å². The molecule has 0 saturated carbocycles. The van der Waals surface area contributed by atoms with Gasteiger partial charge in [0.05, 0.1) is 32.5 Å². The van der Waals surface area contributed by atoms with Crippen molar-refractivity contribution < 1.29 is 32.5 Å². The summed E-state index contributed by atoms with van der Waals surface area (Å²) in [5, 5.41) is 9.62. The first-order valence-corrected chi connectivity index (χ1v) is 9.81. The smallest absolute Gasteiger partial charge is 0.308 e. The molecular formula is C16H21NO7S. The minimum Gasteiger partial charge on any atom is -0.487 e. The number of sulfonamides is 1. The van der Waals surface area contributed by atoms with Gasteiger partial charge in [0.1, 0.15) is 18.0 Å². The fraction of sp³-hybridized carbons (Fsp3) is 0.562. The number of aliphatic hydroxyl groups is 1. The average molecular weight is 371 g/mol. The highest BCUT2D eigenvalue weighted by molar-refractivity contribution is 7.92. The van der Waals surface area contributed by atoms with Crippen LogP contribution in [0.5, 0.6) is 5.75 Å². The number of esters is 1. The number of ether oxygens (including phenoxy) is 3. The number of hydrogen-bond acceptors (Lipinski definition) is 7.